The Bertz CT molecular complexity index is 895. The standard InChI is InChI=1S/C22H27N5O3/c23-22(24)25-17-10-8-16(9-11-17)14-27-12-4-7-19(27)20(28)26-18(21(29)30)13-15-5-2-1-3-6-15/h1-3,5-6,8-11,18-19H,4,7,12-14H2,(H,26,28)(H,29,30)(H4,23,24,25)/t18-,19+/m1/s1. The fourth-order valence-corrected chi connectivity index (χ4v) is 3.69. The van der Waals surface area contributed by atoms with Crippen LogP contribution in [0.1, 0.15) is 24.0 Å². The molecule has 2 aromatic carbocycles. The average Bonchev–Trinajstić information content (AvgIpc) is 3.17. The van der Waals surface area contributed by atoms with Gasteiger partial charge in [-0.05, 0) is 42.6 Å². The lowest BCUT2D eigenvalue weighted by molar-refractivity contribution is -0.142. The zero-order chi connectivity index (χ0) is 21.5. The number of carbonyl (C=O) groups is 2. The molecule has 1 amide bonds. The number of nitrogens with one attached hydrogen (secondary N) is 1. The van der Waals surface area contributed by atoms with Gasteiger partial charge >= 0.3 is 5.97 Å². The van der Waals surface area contributed by atoms with E-state index in [1.807, 2.05) is 54.6 Å². The van der Waals surface area contributed by atoms with Crippen LogP contribution in [0.15, 0.2) is 59.6 Å². The third kappa shape index (κ3) is 5.81. The number of carboxylic acids is 1. The van der Waals surface area contributed by atoms with Crippen molar-refractivity contribution in [3.63, 3.8) is 0 Å². The Morgan fingerprint density at radius 1 is 1.10 bits per heavy atom. The molecule has 0 bridgehead atoms. The van der Waals surface area contributed by atoms with Gasteiger partial charge < -0.3 is 21.9 Å². The number of likely N-dealkylation sites (tertiary alicyclic amines) is 1. The molecule has 158 valence electrons. The van der Waals surface area contributed by atoms with E-state index in [4.69, 9.17) is 11.5 Å². The predicted octanol–water partition coefficient (Wildman–Crippen LogP) is 1.37. The van der Waals surface area contributed by atoms with Gasteiger partial charge in [0.1, 0.15) is 6.04 Å². The molecular formula is C22H27N5O3. The van der Waals surface area contributed by atoms with E-state index in [9.17, 15) is 14.7 Å². The first-order valence-electron chi connectivity index (χ1n) is 9.92. The molecule has 2 atom stereocenters. The minimum atomic E-state index is -1.04. The molecule has 1 saturated heterocycles. The molecule has 0 radical (unpaired) electrons. The Labute approximate surface area is 175 Å². The lowest BCUT2D eigenvalue weighted by Crippen LogP contribution is -2.50. The quantitative estimate of drug-likeness (QED) is 0.384. The summed E-state index contributed by atoms with van der Waals surface area (Å²) in [4.78, 5) is 30.6. The number of hydrogen-bond acceptors (Lipinski definition) is 4. The van der Waals surface area contributed by atoms with Crippen LogP contribution in [0.25, 0.3) is 0 Å². The van der Waals surface area contributed by atoms with Gasteiger partial charge in [0, 0.05) is 13.0 Å². The summed E-state index contributed by atoms with van der Waals surface area (Å²) >= 11 is 0. The van der Waals surface area contributed by atoms with Gasteiger partial charge in [-0.1, -0.05) is 42.5 Å². The Morgan fingerprint density at radius 2 is 1.80 bits per heavy atom. The smallest absolute Gasteiger partial charge is 0.326 e. The second kappa shape index (κ2) is 9.89. The van der Waals surface area contributed by atoms with Gasteiger partial charge in [-0.2, -0.15) is 0 Å². The molecule has 1 aliphatic rings. The largest absolute Gasteiger partial charge is 0.480 e. The molecule has 1 aliphatic heterocycles. The third-order valence-corrected chi connectivity index (χ3v) is 5.14. The number of aliphatic carboxylic acids is 1. The van der Waals surface area contributed by atoms with Crippen LogP contribution in [0.3, 0.4) is 0 Å². The highest BCUT2D eigenvalue weighted by Gasteiger charge is 2.33. The van der Waals surface area contributed by atoms with Crippen molar-refractivity contribution in [1.29, 1.82) is 0 Å². The number of rotatable bonds is 8. The summed E-state index contributed by atoms with van der Waals surface area (Å²) in [6.45, 7) is 1.38. The van der Waals surface area contributed by atoms with Crippen LogP contribution in [0.5, 0.6) is 0 Å². The summed E-state index contributed by atoms with van der Waals surface area (Å²) in [7, 11) is 0. The minimum absolute atomic E-state index is 0.00233. The number of aliphatic imine (C=N–C) groups is 1. The molecule has 6 N–H and O–H groups in total. The first kappa shape index (κ1) is 21.3. The molecule has 8 heteroatoms. The van der Waals surface area contributed by atoms with Crippen molar-refractivity contribution in [3.05, 3.63) is 65.7 Å². The highest BCUT2D eigenvalue weighted by Crippen LogP contribution is 2.22. The predicted molar refractivity (Wildman–Crippen MR) is 115 cm³/mol. The van der Waals surface area contributed by atoms with E-state index < -0.39 is 12.0 Å². The summed E-state index contributed by atoms with van der Waals surface area (Å²) < 4.78 is 0. The van der Waals surface area contributed by atoms with Gasteiger partial charge in [-0.3, -0.25) is 9.69 Å². The molecule has 1 heterocycles. The van der Waals surface area contributed by atoms with Gasteiger partial charge in [0.15, 0.2) is 5.96 Å². The van der Waals surface area contributed by atoms with E-state index in [0.717, 1.165) is 24.1 Å². The second-order valence-corrected chi connectivity index (χ2v) is 7.42. The van der Waals surface area contributed by atoms with E-state index in [2.05, 4.69) is 15.2 Å². The molecule has 0 saturated carbocycles. The second-order valence-electron chi connectivity index (χ2n) is 7.42. The number of nitrogens with zero attached hydrogens (tertiary/aromatic N) is 2. The van der Waals surface area contributed by atoms with Gasteiger partial charge in [-0.25, -0.2) is 9.79 Å². The van der Waals surface area contributed by atoms with Crippen molar-refractivity contribution < 1.29 is 14.7 Å². The van der Waals surface area contributed by atoms with Crippen molar-refractivity contribution >= 4 is 23.5 Å². The number of amides is 1. The van der Waals surface area contributed by atoms with Crippen molar-refractivity contribution in [2.24, 2.45) is 16.5 Å². The molecule has 2 aromatic rings. The van der Waals surface area contributed by atoms with Crippen LogP contribution in [0, 0.1) is 0 Å². The van der Waals surface area contributed by atoms with E-state index in [1.165, 1.54) is 0 Å². The van der Waals surface area contributed by atoms with E-state index in [1.54, 1.807) is 0 Å². The van der Waals surface area contributed by atoms with Crippen molar-refractivity contribution in [3.8, 4) is 0 Å². The zero-order valence-corrected chi connectivity index (χ0v) is 16.7. The Morgan fingerprint density at radius 3 is 2.43 bits per heavy atom. The molecular weight excluding hydrogens is 382 g/mol. The molecule has 0 aliphatic carbocycles. The van der Waals surface area contributed by atoms with Crippen molar-refractivity contribution in [2.75, 3.05) is 6.54 Å². The third-order valence-electron chi connectivity index (χ3n) is 5.14. The average molecular weight is 409 g/mol. The summed E-state index contributed by atoms with van der Waals surface area (Å²) in [5.74, 6) is -1.28. The Hall–Kier alpha value is -3.39. The van der Waals surface area contributed by atoms with E-state index in [0.29, 0.717) is 18.7 Å². The first-order valence-corrected chi connectivity index (χ1v) is 9.92. The lowest BCUT2D eigenvalue weighted by atomic mass is 10.1. The van der Waals surface area contributed by atoms with Gasteiger partial charge in [0.25, 0.3) is 0 Å². The number of hydrogen-bond donors (Lipinski definition) is 4. The van der Waals surface area contributed by atoms with Crippen LogP contribution in [0.2, 0.25) is 0 Å². The number of carbonyl (C=O) groups excluding carboxylic acids is 1. The number of benzene rings is 2. The highest BCUT2D eigenvalue weighted by atomic mass is 16.4. The van der Waals surface area contributed by atoms with Crippen LogP contribution < -0.4 is 16.8 Å². The lowest BCUT2D eigenvalue weighted by Gasteiger charge is -2.25. The topological polar surface area (TPSA) is 134 Å². The van der Waals surface area contributed by atoms with Gasteiger partial charge in [0.05, 0.1) is 11.7 Å². The summed E-state index contributed by atoms with van der Waals surface area (Å²) in [6.07, 6.45) is 1.84. The molecule has 8 nitrogen and oxygen atoms in total. The normalized spacial score (nSPS) is 17.3. The molecule has 30 heavy (non-hydrogen) atoms. The maximum Gasteiger partial charge on any atom is 0.326 e. The summed E-state index contributed by atoms with van der Waals surface area (Å²) in [5, 5.41) is 12.3. The number of guanidine groups is 1. The number of nitrogens with two attached hydrogens (primary N) is 2. The van der Waals surface area contributed by atoms with Crippen LogP contribution in [-0.2, 0) is 22.6 Å². The molecule has 3 rings (SSSR count). The molecule has 0 aromatic heterocycles. The fourth-order valence-electron chi connectivity index (χ4n) is 3.69. The fraction of sp³-hybridized carbons (Fsp3) is 0.318. The van der Waals surface area contributed by atoms with Crippen LogP contribution in [-0.4, -0.2) is 46.5 Å². The van der Waals surface area contributed by atoms with Crippen molar-refractivity contribution in [2.45, 2.75) is 37.9 Å². The van der Waals surface area contributed by atoms with E-state index in [-0.39, 0.29) is 24.3 Å². The monoisotopic (exact) mass is 409 g/mol. The van der Waals surface area contributed by atoms with Gasteiger partial charge in [-0.15, -0.1) is 0 Å². The van der Waals surface area contributed by atoms with E-state index >= 15 is 0 Å². The maximum absolute atomic E-state index is 12.9. The maximum atomic E-state index is 12.9. The molecule has 0 unspecified atom stereocenters. The minimum Gasteiger partial charge on any atom is -0.480 e. The SMILES string of the molecule is NC(N)=Nc1ccc(CN2CCC[C@H]2C(=O)N[C@H](Cc2ccccc2)C(=O)O)cc1. The summed E-state index contributed by atoms with van der Waals surface area (Å²) in [6, 6.07) is 15.5. The molecule has 0 spiro atoms. The zero-order valence-electron chi connectivity index (χ0n) is 16.7. The van der Waals surface area contributed by atoms with Crippen LogP contribution >= 0.6 is 0 Å². The Kier molecular flexibility index (Phi) is 7.03. The Balaban J connectivity index is 1.63. The van der Waals surface area contributed by atoms with Crippen molar-refractivity contribution in [1.82, 2.24) is 10.2 Å². The van der Waals surface area contributed by atoms with Crippen LogP contribution in [0.4, 0.5) is 5.69 Å². The highest BCUT2D eigenvalue weighted by molar-refractivity contribution is 5.87. The molecule has 1 fully saturated rings. The first-order chi connectivity index (χ1) is 14.4. The number of carboxylic acid groups (broad SMARTS) is 1. The van der Waals surface area contributed by atoms with Gasteiger partial charge in [0.2, 0.25) is 5.91 Å². The summed E-state index contributed by atoms with van der Waals surface area (Å²) in [5.41, 5.74) is 13.3.